The molecule has 0 heterocycles. The van der Waals surface area contributed by atoms with Crippen LogP contribution in [-0.4, -0.2) is 11.1 Å². The van der Waals surface area contributed by atoms with Crippen LogP contribution in [-0.2, 0) is 11.2 Å². The zero-order chi connectivity index (χ0) is 11.4. The highest BCUT2D eigenvalue weighted by atomic mass is 16.4. The van der Waals surface area contributed by atoms with Gasteiger partial charge in [-0.1, -0.05) is 6.07 Å². The lowest BCUT2D eigenvalue weighted by Crippen LogP contribution is -2.01. The Morgan fingerprint density at radius 2 is 2.07 bits per heavy atom. The molecule has 0 aliphatic carbocycles. The lowest BCUT2D eigenvalue weighted by atomic mass is 9.99. The molecule has 0 amide bonds. The first-order valence-corrected chi connectivity index (χ1v) is 5.08. The topological polar surface area (TPSA) is 63.3 Å². The van der Waals surface area contributed by atoms with Crippen LogP contribution in [0.3, 0.4) is 0 Å². The van der Waals surface area contributed by atoms with E-state index in [0.29, 0.717) is 6.42 Å². The van der Waals surface area contributed by atoms with Crippen molar-refractivity contribution in [3.05, 3.63) is 28.8 Å². The molecule has 82 valence electrons. The summed E-state index contributed by atoms with van der Waals surface area (Å²) >= 11 is 0. The van der Waals surface area contributed by atoms with Crippen LogP contribution < -0.4 is 5.73 Å². The van der Waals surface area contributed by atoms with Gasteiger partial charge < -0.3 is 10.8 Å². The molecule has 0 aromatic heterocycles. The fourth-order valence-electron chi connectivity index (χ4n) is 1.79. The van der Waals surface area contributed by atoms with Crippen LogP contribution in [0, 0.1) is 13.8 Å². The fraction of sp³-hybridized carbons (Fsp3) is 0.417. The van der Waals surface area contributed by atoms with Crippen molar-refractivity contribution in [3.63, 3.8) is 0 Å². The molecular weight excluding hydrogens is 190 g/mol. The molecule has 1 aromatic rings. The third-order valence-electron chi connectivity index (χ3n) is 2.47. The van der Waals surface area contributed by atoms with Crippen LogP contribution in [0.15, 0.2) is 12.1 Å². The number of hydrogen-bond acceptors (Lipinski definition) is 2. The van der Waals surface area contributed by atoms with E-state index < -0.39 is 5.97 Å². The van der Waals surface area contributed by atoms with Gasteiger partial charge in [0.2, 0.25) is 0 Å². The van der Waals surface area contributed by atoms with Crippen molar-refractivity contribution in [2.24, 2.45) is 0 Å². The number of carboxylic acids is 1. The molecule has 0 unspecified atom stereocenters. The van der Waals surface area contributed by atoms with Gasteiger partial charge in [-0.05, 0) is 49.4 Å². The summed E-state index contributed by atoms with van der Waals surface area (Å²) in [6.45, 7) is 4.02. The SMILES string of the molecule is Cc1cc(C)c(CCCC(=O)O)c(N)c1. The highest BCUT2D eigenvalue weighted by molar-refractivity contribution is 5.66. The summed E-state index contributed by atoms with van der Waals surface area (Å²) in [5.41, 5.74) is 10.0. The Hall–Kier alpha value is -1.51. The normalized spacial score (nSPS) is 10.3. The van der Waals surface area contributed by atoms with Crippen molar-refractivity contribution in [1.82, 2.24) is 0 Å². The molecule has 3 heteroatoms. The van der Waals surface area contributed by atoms with Gasteiger partial charge in [0, 0.05) is 12.1 Å². The molecule has 0 atom stereocenters. The number of anilines is 1. The Morgan fingerprint density at radius 1 is 1.40 bits per heavy atom. The number of carbonyl (C=O) groups is 1. The van der Waals surface area contributed by atoms with E-state index in [4.69, 9.17) is 10.8 Å². The minimum atomic E-state index is -0.752. The Bertz CT molecular complexity index is 349. The van der Waals surface area contributed by atoms with Crippen molar-refractivity contribution in [3.8, 4) is 0 Å². The Kier molecular flexibility index (Phi) is 3.72. The summed E-state index contributed by atoms with van der Waals surface area (Å²) in [4.78, 5) is 10.4. The van der Waals surface area contributed by atoms with E-state index >= 15 is 0 Å². The van der Waals surface area contributed by atoms with Crippen molar-refractivity contribution < 1.29 is 9.90 Å². The molecule has 0 aliphatic rings. The first kappa shape index (κ1) is 11.6. The van der Waals surface area contributed by atoms with Gasteiger partial charge in [-0.15, -0.1) is 0 Å². The van der Waals surface area contributed by atoms with E-state index in [-0.39, 0.29) is 6.42 Å². The zero-order valence-corrected chi connectivity index (χ0v) is 9.21. The number of nitrogen functional groups attached to an aromatic ring is 1. The third kappa shape index (κ3) is 3.27. The molecule has 0 radical (unpaired) electrons. The van der Waals surface area contributed by atoms with E-state index in [2.05, 4.69) is 6.07 Å². The molecule has 15 heavy (non-hydrogen) atoms. The predicted molar refractivity (Wildman–Crippen MR) is 60.9 cm³/mol. The van der Waals surface area contributed by atoms with Crippen LogP contribution in [0.25, 0.3) is 0 Å². The van der Waals surface area contributed by atoms with E-state index in [1.54, 1.807) is 0 Å². The molecule has 1 aromatic carbocycles. The monoisotopic (exact) mass is 207 g/mol. The predicted octanol–water partition coefficient (Wildman–Crippen LogP) is 2.29. The second kappa shape index (κ2) is 4.82. The van der Waals surface area contributed by atoms with Crippen molar-refractivity contribution in [2.75, 3.05) is 5.73 Å². The number of rotatable bonds is 4. The number of aliphatic carboxylic acids is 1. The number of benzene rings is 1. The molecule has 0 aliphatic heterocycles. The third-order valence-corrected chi connectivity index (χ3v) is 2.47. The van der Waals surface area contributed by atoms with Gasteiger partial charge in [-0.3, -0.25) is 4.79 Å². The summed E-state index contributed by atoms with van der Waals surface area (Å²) in [7, 11) is 0. The first-order valence-electron chi connectivity index (χ1n) is 5.08. The summed E-state index contributed by atoms with van der Waals surface area (Å²) in [5, 5.41) is 8.54. The van der Waals surface area contributed by atoms with Crippen LogP contribution >= 0.6 is 0 Å². The van der Waals surface area contributed by atoms with Crippen LogP contribution in [0.1, 0.15) is 29.5 Å². The number of carboxylic acid groups (broad SMARTS) is 1. The molecule has 0 saturated heterocycles. The maximum Gasteiger partial charge on any atom is 0.303 e. The van der Waals surface area contributed by atoms with Crippen molar-refractivity contribution in [1.29, 1.82) is 0 Å². The maximum absolute atomic E-state index is 10.4. The summed E-state index contributed by atoms with van der Waals surface area (Å²) < 4.78 is 0. The largest absolute Gasteiger partial charge is 0.481 e. The number of hydrogen-bond donors (Lipinski definition) is 2. The average molecular weight is 207 g/mol. The van der Waals surface area contributed by atoms with Gasteiger partial charge >= 0.3 is 5.97 Å². The lowest BCUT2D eigenvalue weighted by molar-refractivity contribution is -0.137. The van der Waals surface area contributed by atoms with Crippen LogP contribution in [0.2, 0.25) is 0 Å². The summed E-state index contributed by atoms with van der Waals surface area (Å²) in [6, 6.07) is 4.01. The minimum Gasteiger partial charge on any atom is -0.481 e. The van der Waals surface area contributed by atoms with E-state index in [1.165, 1.54) is 0 Å². The molecule has 0 fully saturated rings. The molecule has 0 spiro atoms. The van der Waals surface area contributed by atoms with E-state index in [9.17, 15) is 4.79 Å². The van der Waals surface area contributed by atoms with Crippen molar-refractivity contribution in [2.45, 2.75) is 33.1 Å². The summed E-state index contributed by atoms with van der Waals surface area (Å²) in [6.07, 6.45) is 1.58. The molecule has 0 saturated carbocycles. The van der Waals surface area contributed by atoms with Crippen LogP contribution in [0.5, 0.6) is 0 Å². The molecule has 3 N–H and O–H groups in total. The highest BCUT2D eigenvalue weighted by Crippen LogP contribution is 2.21. The standard InChI is InChI=1S/C12H17NO2/c1-8-6-9(2)10(11(13)7-8)4-3-5-12(14)15/h6-7H,3-5,13H2,1-2H3,(H,14,15). The molecule has 1 rings (SSSR count). The Morgan fingerprint density at radius 3 is 2.60 bits per heavy atom. The zero-order valence-electron chi connectivity index (χ0n) is 9.21. The molecule has 0 bridgehead atoms. The minimum absolute atomic E-state index is 0.201. The Labute approximate surface area is 89.9 Å². The fourth-order valence-corrected chi connectivity index (χ4v) is 1.79. The maximum atomic E-state index is 10.4. The van der Waals surface area contributed by atoms with Crippen LogP contribution in [0.4, 0.5) is 5.69 Å². The van der Waals surface area contributed by atoms with Crippen molar-refractivity contribution >= 4 is 11.7 Å². The van der Waals surface area contributed by atoms with Gasteiger partial charge in [-0.25, -0.2) is 0 Å². The van der Waals surface area contributed by atoms with Gasteiger partial charge in [0.25, 0.3) is 0 Å². The second-order valence-corrected chi connectivity index (χ2v) is 3.90. The van der Waals surface area contributed by atoms with Gasteiger partial charge in [0.05, 0.1) is 0 Å². The smallest absolute Gasteiger partial charge is 0.303 e. The second-order valence-electron chi connectivity index (χ2n) is 3.90. The first-order chi connectivity index (χ1) is 7.00. The molecule has 3 nitrogen and oxygen atoms in total. The number of aryl methyl sites for hydroxylation is 2. The summed E-state index contributed by atoms with van der Waals surface area (Å²) in [5.74, 6) is -0.752. The van der Waals surface area contributed by atoms with E-state index in [0.717, 1.165) is 28.8 Å². The van der Waals surface area contributed by atoms with Gasteiger partial charge in [0.15, 0.2) is 0 Å². The number of nitrogens with two attached hydrogens (primary N) is 1. The average Bonchev–Trinajstić information content (AvgIpc) is 2.08. The van der Waals surface area contributed by atoms with E-state index in [1.807, 2.05) is 19.9 Å². The lowest BCUT2D eigenvalue weighted by Gasteiger charge is -2.10. The Balaban J connectivity index is 2.72. The van der Waals surface area contributed by atoms with Gasteiger partial charge in [-0.2, -0.15) is 0 Å². The van der Waals surface area contributed by atoms with Gasteiger partial charge in [0.1, 0.15) is 0 Å². The molecular formula is C12H17NO2. The highest BCUT2D eigenvalue weighted by Gasteiger charge is 2.05. The quantitative estimate of drug-likeness (QED) is 0.744.